The second-order valence-corrected chi connectivity index (χ2v) is 7.79. The van der Waals surface area contributed by atoms with Crippen LogP contribution in [0.3, 0.4) is 0 Å². The lowest BCUT2D eigenvalue weighted by molar-refractivity contribution is -0.130. The lowest BCUT2D eigenvalue weighted by Gasteiger charge is -2.34. The molecule has 3 aliphatic rings. The van der Waals surface area contributed by atoms with Crippen LogP contribution in [0.25, 0.3) is 0 Å². The summed E-state index contributed by atoms with van der Waals surface area (Å²) in [5, 5.41) is 12.4. The van der Waals surface area contributed by atoms with Crippen molar-refractivity contribution in [2.45, 2.75) is 56.7 Å². The zero-order valence-electron chi connectivity index (χ0n) is 15.8. The zero-order valence-corrected chi connectivity index (χ0v) is 15.8. The molecule has 0 unspecified atom stereocenters. The molecule has 0 bridgehead atoms. The molecule has 7 nitrogen and oxygen atoms in total. The Labute approximate surface area is 164 Å². The Kier molecular flexibility index (Phi) is 5.14. The van der Waals surface area contributed by atoms with E-state index in [-0.39, 0.29) is 42.4 Å². The molecular weight excluding hydrogens is 356 g/mol. The summed E-state index contributed by atoms with van der Waals surface area (Å²) in [6, 6.07) is 8.99. The number of rotatable bonds is 4. The molecule has 2 fully saturated rings. The lowest BCUT2D eigenvalue weighted by Crippen LogP contribution is -2.47. The molecule has 0 spiro atoms. The Morgan fingerprint density at radius 1 is 1.07 bits per heavy atom. The highest BCUT2D eigenvalue weighted by atomic mass is 16.2. The van der Waals surface area contributed by atoms with E-state index in [1.807, 2.05) is 0 Å². The van der Waals surface area contributed by atoms with Gasteiger partial charge in [0.05, 0.1) is 23.7 Å². The standard InChI is InChI=1S/C21H24N4O3/c22-12-16-4-3-11-24(16)19(26)13-23-14-7-9-15(10-8-14)25-20(27)17-5-1-2-6-18(17)21(25)28/h1-2,5-6,14-16,23H,3-4,7-11,13H2/t14-,15-,16-/m0/s1. The van der Waals surface area contributed by atoms with E-state index in [0.29, 0.717) is 17.7 Å². The van der Waals surface area contributed by atoms with Gasteiger partial charge in [0.1, 0.15) is 6.04 Å². The van der Waals surface area contributed by atoms with E-state index in [1.165, 1.54) is 4.90 Å². The third-order valence-corrected chi connectivity index (χ3v) is 6.15. The number of fused-ring (bicyclic) bond motifs is 1. The highest BCUT2D eigenvalue weighted by Gasteiger charge is 2.41. The van der Waals surface area contributed by atoms with Crippen LogP contribution in [0.1, 0.15) is 59.2 Å². The summed E-state index contributed by atoms with van der Waals surface area (Å²) in [6.45, 7) is 0.895. The summed E-state index contributed by atoms with van der Waals surface area (Å²) in [5.41, 5.74) is 0.993. The fourth-order valence-corrected chi connectivity index (χ4v) is 4.61. The molecular formula is C21H24N4O3. The van der Waals surface area contributed by atoms with Crippen molar-refractivity contribution in [1.82, 2.24) is 15.1 Å². The van der Waals surface area contributed by atoms with E-state index in [4.69, 9.17) is 5.26 Å². The second kappa shape index (κ2) is 7.72. The molecule has 28 heavy (non-hydrogen) atoms. The number of likely N-dealkylation sites (tertiary alicyclic amines) is 1. The van der Waals surface area contributed by atoms with Crippen LogP contribution >= 0.6 is 0 Å². The van der Waals surface area contributed by atoms with Crippen molar-refractivity contribution in [3.63, 3.8) is 0 Å². The number of hydrogen-bond acceptors (Lipinski definition) is 5. The molecule has 1 aromatic rings. The summed E-state index contributed by atoms with van der Waals surface area (Å²) in [7, 11) is 0. The van der Waals surface area contributed by atoms with Crippen LogP contribution in [0.4, 0.5) is 0 Å². The van der Waals surface area contributed by atoms with Gasteiger partial charge in [-0.3, -0.25) is 19.3 Å². The van der Waals surface area contributed by atoms with Gasteiger partial charge in [-0.25, -0.2) is 0 Å². The summed E-state index contributed by atoms with van der Waals surface area (Å²) < 4.78 is 0. The van der Waals surface area contributed by atoms with Crippen LogP contribution in [-0.2, 0) is 4.79 Å². The van der Waals surface area contributed by atoms with Crippen molar-refractivity contribution in [3.05, 3.63) is 35.4 Å². The smallest absolute Gasteiger partial charge is 0.261 e. The summed E-state index contributed by atoms with van der Waals surface area (Å²) in [6.07, 6.45) is 4.74. The quantitative estimate of drug-likeness (QED) is 0.803. The van der Waals surface area contributed by atoms with Crippen LogP contribution < -0.4 is 5.32 Å². The number of hydrogen-bond donors (Lipinski definition) is 1. The molecule has 146 valence electrons. The maximum Gasteiger partial charge on any atom is 0.261 e. The fraction of sp³-hybridized carbons (Fsp3) is 0.524. The largest absolute Gasteiger partial charge is 0.326 e. The van der Waals surface area contributed by atoms with E-state index in [0.717, 1.165) is 38.5 Å². The molecule has 0 aromatic heterocycles. The topological polar surface area (TPSA) is 93.5 Å². The van der Waals surface area contributed by atoms with Crippen molar-refractivity contribution in [1.29, 1.82) is 5.26 Å². The van der Waals surface area contributed by atoms with Gasteiger partial charge in [-0.05, 0) is 50.7 Å². The molecule has 1 aliphatic carbocycles. The third-order valence-electron chi connectivity index (χ3n) is 6.15. The maximum absolute atomic E-state index is 12.6. The summed E-state index contributed by atoms with van der Waals surface area (Å²) in [5.74, 6) is -0.404. The monoisotopic (exact) mass is 380 g/mol. The average molecular weight is 380 g/mol. The first-order valence-electron chi connectivity index (χ1n) is 9.99. The van der Waals surface area contributed by atoms with E-state index < -0.39 is 0 Å². The predicted octanol–water partition coefficient (Wildman–Crippen LogP) is 1.70. The van der Waals surface area contributed by atoms with Crippen molar-refractivity contribution >= 4 is 17.7 Å². The number of benzene rings is 1. The lowest BCUT2D eigenvalue weighted by atomic mass is 9.90. The molecule has 2 heterocycles. The minimum absolute atomic E-state index is 0.0217. The number of nitriles is 1. The average Bonchev–Trinajstić information content (AvgIpc) is 3.30. The summed E-state index contributed by atoms with van der Waals surface area (Å²) >= 11 is 0. The van der Waals surface area contributed by atoms with Crippen molar-refractivity contribution in [2.75, 3.05) is 13.1 Å². The van der Waals surface area contributed by atoms with Gasteiger partial charge in [-0.15, -0.1) is 0 Å². The zero-order chi connectivity index (χ0) is 19.7. The van der Waals surface area contributed by atoms with Crippen molar-refractivity contribution < 1.29 is 14.4 Å². The van der Waals surface area contributed by atoms with Crippen LogP contribution in [0.2, 0.25) is 0 Å². The first kappa shape index (κ1) is 18.6. The number of amides is 3. The van der Waals surface area contributed by atoms with Gasteiger partial charge < -0.3 is 10.2 Å². The SMILES string of the molecule is N#C[C@@H]1CCCN1C(=O)CN[C@H]1CC[C@H](N2C(=O)c3ccccc3C2=O)CC1. The number of carbonyl (C=O) groups excluding carboxylic acids is 3. The van der Waals surface area contributed by atoms with Gasteiger partial charge in [0.2, 0.25) is 5.91 Å². The fourth-order valence-electron chi connectivity index (χ4n) is 4.61. The molecule has 1 aromatic carbocycles. The van der Waals surface area contributed by atoms with E-state index >= 15 is 0 Å². The Morgan fingerprint density at radius 2 is 1.71 bits per heavy atom. The molecule has 2 aliphatic heterocycles. The number of nitrogens with zero attached hydrogens (tertiary/aromatic N) is 3. The molecule has 4 rings (SSSR count). The molecule has 1 saturated carbocycles. The van der Waals surface area contributed by atoms with Gasteiger partial charge >= 0.3 is 0 Å². The van der Waals surface area contributed by atoms with Gasteiger partial charge in [0, 0.05) is 18.6 Å². The Balaban J connectivity index is 1.29. The van der Waals surface area contributed by atoms with E-state index in [2.05, 4.69) is 11.4 Å². The first-order valence-corrected chi connectivity index (χ1v) is 9.99. The van der Waals surface area contributed by atoms with Crippen LogP contribution in [-0.4, -0.2) is 58.7 Å². The number of imide groups is 1. The van der Waals surface area contributed by atoms with Gasteiger partial charge in [0.25, 0.3) is 11.8 Å². The third kappa shape index (κ3) is 3.29. The highest BCUT2D eigenvalue weighted by molar-refractivity contribution is 6.21. The predicted molar refractivity (Wildman–Crippen MR) is 101 cm³/mol. The molecule has 7 heteroatoms. The van der Waals surface area contributed by atoms with Crippen LogP contribution in [0.15, 0.2) is 24.3 Å². The summed E-state index contributed by atoms with van der Waals surface area (Å²) in [4.78, 5) is 40.7. The Hall–Kier alpha value is -2.72. The number of nitrogens with one attached hydrogen (secondary N) is 1. The van der Waals surface area contributed by atoms with E-state index in [9.17, 15) is 14.4 Å². The Morgan fingerprint density at radius 3 is 2.32 bits per heavy atom. The molecule has 3 amide bonds. The second-order valence-electron chi connectivity index (χ2n) is 7.79. The van der Waals surface area contributed by atoms with Crippen molar-refractivity contribution in [3.8, 4) is 6.07 Å². The highest BCUT2D eigenvalue weighted by Crippen LogP contribution is 2.31. The van der Waals surface area contributed by atoms with E-state index in [1.54, 1.807) is 29.2 Å². The van der Waals surface area contributed by atoms with Gasteiger partial charge in [0.15, 0.2) is 0 Å². The van der Waals surface area contributed by atoms with Gasteiger partial charge in [-0.1, -0.05) is 12.1 Å². The number of carbonyl (C=O) groups is 3. The maximum atomic E-state index is 12.6. The van der Waals surface area contributed by atoms with Gasteiger partial charge in [-0.2, -0.15) is 5.26 Å². The molecule has 1 atom stereocenters. The normalized spacial score (nSPS) is 27.0. The van der Waals surface area contributed by atoms with Crippen LogP contribution in [0.5, 0.6) is 0 Å². The minimum Gasteiger partial charge on any atom is -0.326 e. The first-order chi connectivity index (χ1) is 13.6. The molecule has 1 saturated heterocycles. The Bertz CT molecular complexity index is 803. The van der Waals surface area contributed by atoms with Crippen molar-refractivity contribution in [2.24, 2.45) is 0 Å². The molecule has 1 N–H and O–H groups in total. The molecule has 0 radical (unpaired) electrons. The van der Waals surface area contributed by atoms with Crippen LogP contribution in [0, 0.1) is 11.3 Å². The minimum atomic E-state index is -0.293.